The van der Waals surface area contributed by atoms with Gasteiger partial charge in [-0.05, 0) is 31.0 Å². The Labute approximate surface area is 96.3 Å². The van der Waals surface area contributed by atoms with Crippen LogP contribution >= 0.6 is 11.6 Å². The van der Waals surface area contributed by atoms with Crippen molar-refractivity contribution in [2.24, 2.45) is 0 Å². The van der Waals surface area contributed by atoms with Gasteiger partial charge in [-0.1, -0.05) is 17.7 Å². The van der Waals surface area contributed by atoms with Crippen molar-refractivity contribution in [3.63, 3.8) is 0 Å². The first-order chi connectivity index (χ1) is 7.49. The maximum absolute atomic E-state index is 12.5. The molecule has 2 aromatic rings. The molecule has 5 heteroatoms. The van der Waals surface area contributed by atoms with E-state index in [-0.39, 0.29) is 5.15 Å². The first-order valence-electron chi connectivity index (χ1n) is 4.71. The number of hydrogen-bond acceptors (Lipinski definition) is 2. The fourth-order valence-electron chi connectivity index (χ4n) is 1.70. The van der Waals surface area contributed by atoms with Crippen LogP contribution in [0.1, 0.15) is 23.4 Å². The molecule has 0 unspecified atom stereocenters. The van der Waals surface area contributed by atoms with E-state index in [0.29, 0.717) is 10.9 Å². The maximum Gasteiger partial charge on any atom is 0.297 e. The van der Waals surface area contributed by atoms with Crippen LogP contribution in [-0.2, 0) is 0 Å². The van der Waals surface area contributed by atoms with Crippen molar-refractivity contribution in [2.45, 2.75) is 20.3 Å². The summed E-state index contributed by atoms with van der Waals surface area (Å²) in [6.45, 7) is 3.73. The van der Waals surface area contributed by atoms with E-state index in [2.05, 4.69) is 9.97 Å². The summed E-state index contributed by atoms with van der Waals surface area (Å²) in [6.07, 6.45) is -2.71. The van der Waals surface area contributed by atoms with Gasteiger partial charge < -0.3 is 0 Å². The predicted molar refractivity (Wildman–Crippen MR) is 59.0 cm³/mol. The molecular formula is C11H9ClF2N2. The molecule has 0 bridgehead atoms. The number of nitrogens with zero attached hydrogens (tertiary/aromatic N) is 2. The smallest absolute Gasteiger partial charge is 0.227 e. The molecule has 0 fully saturated rings. The van der Waals surface area contributed by atoms with Gasteiger partial charge in [0.15, 0.2) is 5.82 Å². The lowest BCUT2D eigenvalue weighted by Crippen LogP contribution is -1.98. The third-order valence-electron chi connectivity index (χ3n) is 2.31. The zero-order valence-electron chi connectivity index (χ0n) is 8.76. The summed E-state index contributed by atoms with van der Waals surface area (Å²) in [6, 6.07) is 3.64. The van der Waals surface area contributed by atoms with Crippen molar-refractivity contribution >= 4 is 22.5 Å². The van der Waals surface area contributed by atoms with Crippen LogP contribution in [0, 0.1) is 13.8 Å². The molecule has 0 radical (unpaired) electrons. The van der Waals surface area contributed by atoms with Gasteiger partial charge in [0.05, 0.1) is 5.52 Å². The van der Waals surface area contributed by atoms with Crippen LogP contribution in [0.5, 0.6) is 0 Å². The molecular weight excluding hydrogens is 234 g/mol. The Bertz CT molecular complexity index is 555. The average molecular weight is 243 g/mol. The van der Waals surface area contributed by atoms with E-state index in [0.717, 1.165) is 11.1 Å². The Morgan fingerprint density at radius 2 is 1.88 bits per heavy atom. The molecule has 0 amide bonds. The molecule has 0 saturated heterocycles. The van der Waals surface area contributed by atoms with Crippen LogP contribution in [0.3, 0.4) is 0 Å². The van der Waals surface area contributed by atoms with Gasteiger partial charge in [0.1, 0.15) is 5.15 Å². The summed E-state index contributed by atoms with van der Waals surface area (Å²) in [4.78, 5) is 7.41. The predicted octanol–water partition coefficient (Wildman–Crippen LogP) is 3.84. The molecule has 0 atom stereocenters. The maximum atomic E-state index is 12.5. The van der Waals surface area contributed by atoms with E-state index in [1.807, 2.05) is 19.9 Å². The average Bonchev–Trinajstić information content (AvgIpc) is 2.15. The van der Waals surface area contributed by atoms with Crippen LogP contribution in [0.15, 0.2) is 12.1 Å². The molecule has 1 aromatic carbocycles. The van der Waals surface area contributed by atoms with Crippen LogP contribution in [-0.4, -0.2) is 9.97 Å². The number of hydrogen-bond donors (Lipinski definition) is 0. The van der Waals surface area contributed by atoms with Crippen molar-refractivity contribution in [1.82, 2.24) is 9.97 Å². The van der Waals surface area contributed by atoms with Crippen LogP contribution in [0.4, 0.5) is 8.78 Å². The largest absolute Gasteiger partial charge is 0.297 e. The molecule has 0 saturated carbocycles. The van der Waals surface area contributed by atoms with Gasteiger partial charge >= 0.3 is 0 Å². The molecule has 0 aliphatic heterocycles. The minimum atomic E-state index is -2.71. The highest BCUT2D eigenvalue weighted by molar-refractivity contribution is 6.34. The van der Waals surface area contributed by atoms with Crippen LogP contribution in [0.25, 0.3) is 10.9 Å². The Hall–Kier alpha value is -1.29. The minimum Gasteiger partial charge on any atom is -0.227 e. The normalized spacial score (nSPS) is 11.4. The number of aromatic nitrogens is 2. The number of fused-ring (bicyclic) bond motifs is 1. The summed E-state index contributed by atoms with van der Waals surface area (Å²) >= 11 is 5.88. The highest BCUT2D eigenvalue weighted by atomic mass is 35.5. The van der Waals surface area contributed by atoms with Crippen LogP contribution in [0.2, 0.25) is 5.15 Å². The Morgan fingerprint density at radius 3 is 2.50 bits per heavy atom. The molecule has 2 rings (SSSR count). The Morgan fingerprint density at radius 1 is 1.19 bits per heavy atom. The lowest BCUT2D eigenvalue weighted by Gasteiger charge is -2.07. The van der Waals surface area contributed by atoms with Gasteiger partial charge in [-0.25, -0.2) is 18.7 Å². The zero-order chi connectivity index (χ0) is 11.9. The van der Waals surface area contributed by atoms with Gasteiger partial charge in [-0.2, -0.15) is 0 Å². The Balaban J connectivity index is 2.81. The monoisotopic (exact) mass is 242 g/mol. The zero-order valence-corrected chi connectivity index (χ0v) is 9.52. The summed E-state index contributed by atoms with van der Waals surface area (Å²) in [5, 5.41) is 0.717. The van der Waals surface area contributed by atoms with Gasteiger partial charge in [0.2, 0.25) is 0 Å². The van der Waals surface area contributed by atoms with E-state index in [1.165, 1.54) is 0 Å². The third kappa shape index (κ3) is 1.85. The molecule has 16 heavy (non-hydrogen) atoms. The number of aryl methyl sites for hydroxylation is 2. The van der Waals surface area contributed by atoms with Gasteiger partial charge in [-0.3, -0.25) is 0 Å². The highest BCUT2D eigenvalue weighted by Gasteiger charge is 2.15. The first-order valence-corrected chi connectivity index (χ1v) is 5.09. The number of alkyl halides is 2. The summed E-state index contributed by atoms with van der Waals surface area (Å²) in [7, 11) is 0. The Kier molecular flexibility index (Phi) is 2.76. The fraction of sp³-hybridized carbons (Fsp3) is 0.273. The van der Waals surface area contributed by atoms with Crippen LogP contribution < -0.4 is 0 Å². The lowest BCUT2D eigenvalue weighted by molar-refractivity contribution is 0.141. The molecule has 0 aliphatic carbocycles. The second kappa shape index (κ2) is 3.94. The molecule has 84 valence electrons. The number of halogens is 3. The van der Waals surface area contributed by atoms with Crippen molar-refractivity contribution < 1.29 is 8.78 Å². The second-order valence-electron chi connectivity index (χ2n) is 3.65. The minimum absolute atomic E-state index is 0.0813. The van der Waals surface area contributed by atoms with Crippen molar-refractivity contribution in [3.05, 3.63) is 34.2 Å². The molecule has 0 N–H and O–H groups in total. The van der Waals surface area contributed by atoms with E-state index < -0.39 is 12.2 Å². The van der Waals surface area contributed by atoms with E-state index >= 15 is 0 Å². The summed E-state index contributed by atoms with van der Waals surface area (Å²) < 4.78 is 25.0. The molecule has 0 spiro atoms. The summed E-state index contributed by atoms with van der Waals surface area (Å²) in [5.74, 6) is -0.525. The fourth-order valence-corrected chi connectivity index (χ4v) is 2.04. The molecule has 1 aromatic heterocycles. The lowest BCUT2D eigenvalue weighted by atomic mass is 10.1. The standard InChI is InChI=1S/C11H9ClF2N2/c1-5-3-6(2)8-7(4-5)15-11(10(13)14)16-9(8)12/h3-4,10H,1-2H3. The topological polar surface area (TPSA) is 25.8 Å². The molecule has 1 heterocycles. The van der Waals surface area contributed by atoms with Crippen molar-refractivity contribution in [2.75, 3.05) is 0 Å². The van der Waals surface area contributed by atoms with Crippen molar-refractivity contribution in [3.8, 4) is 0 Å². The number of rotatable bonds is 1. The highest BCUT2D eigenvalue weighted by Crippen LogP contribution is 2.27. The second-order valence-corrected chi connectivity index (χ2v) is 4.01. The van der Waals surface area contributed by atoms with Gasteiger partial charge in [0, 0.05) is 5.39 Å². The quantitative estimate of drug-likeness (QED) is 0.710. The first kappa shape index (κ1) is 11.2. The van der Waals surface area contributed by atoms with Gasteiger partial charge in [-0.15, -0.1) is 0 Å². The number of benzene rings is 1. The molecule has 2 nitrogen and oxygen atoms in total. The van der Waals surface area contributed by atoms with E-state index in [4.69, 9.17) is 11.6 Å². The van der Waals surface area contributed by atoms with E-state index in [9.17, 15) is 8.78 Å². The molecule has 0 aliphatic rings. The van der Waals surface area contributed by atoms with Gasteiger partial charge in [0.25, 0.3) is 6.43 Å². The summed E-state index contributed by atoms with van der Waals surface area (Å²) in [5.41, 5.74) is 2.31. The van der Waals surface area contributed by atoms with Crippen molar-refractivity contribution in [1.29, 1.82) is 0 Å². The van der Waals surface area contributed by atoms with E-state index in [1.54, 1.807) is 6.07 Å². The SMILES string of the molecule is Cc1cc(C)c2c(Cl)nc(C(F)F)nc2c1. The third-order valence-corrected chi connectivity index (χ3v) is 2.58.